The van der Waals surface area contributed by atoms with Crippen LogP contribution >= 0.6 is 0 Å². The molecule has 0 aliphatic heterocycles. The molecule has 0 heterocycles. The third-order valence-corrected chi connectivity index (χ3v) is 16.2. The highest BCUT2D eigenvalue weighted by atomic mass is 28.4. The summed E-state index contributed by atoms with van der Waals surface area (Å²) in [5, 5.41) is 21.0. The Morgan fingerprint density at radius 2 is 1.85 bits per heavy atom. The van der Waals surface area contributed by atoms with Crippen LogP contribution in [-0.4, -0.2) is 37.3 Å². The maximum Gasteiger partial charge on any atom is 0.192 e. The minimum absolute atomic E-state index is 0.202. The minimum Gasteiger partial charge on any atom is -0.414 e. The van der Waals surface area contributed by atoms with E-state index in [1.807, 2.05) is 0 Å². The van der Waals surface area contributed by atoms with Gasteiger partial charge in [0, 0.05) is 12.7 Å². The minimum atomic E-state index is -1.74. The Bertz CT molecular complexity index is 754. The molecule has 4 rings (SSSR count). The van der Waals surface area contributed by atoms with Crippen molar-refractivity contribution >= 4 is 8.32 Å². The molecule has 4 aliphatic rings. The molecule has 0 aromatic heterocycles. The molecule has 0 bridgehead atoms. The molecule has 190 valence electrons. The van der Waals surface area contributed by atoms with Gasteiger partial charge in [-0.1, -0.05) is 53.2 Å². The van der Waals surface area contributed by atoms with Gasteiger partial charge in [-0.05, 0) is 110 Å². The van der Waals surface area contributed by atoms with Crippen LogP contribution in [0.25, 0.3) is 0 Å². The molecule has 0 aromatic rings. The molecule has 0 amide bonds. The van der Waals surface area contributed by atoms with E-state index >= 15 is 0 Å². The molecular formula is C29H52O3Si. The second kappa shape index (κ2) is 8.75. The summed E-state index contributed by atoms with van der Waals surface area (Å²) in [4.78, 5) is 0. The zero-order valence-corrected chi connectivity index (χ0v) is 23.8. The average molecular weight is 477 g/mol. The van der Waals surface area contributed by atoms with E-state index in [2.05, 4.69) is 60.7 Å². The molecule has 3 fully saturated rings. The van der Waals surface area contributed by atoms with E-state index in [-0.39, 0.29) is 23.2 Å². The summed E-state index contributed by atoms with van der Waals surface area (Å²) in [6, 6.07) is 0. The van der Waals surface area contributed by atoms with E-state index in [0.717, 1.165) is 25.2 Å². The number of rotatable bonds is 5. The second-order valence-electron chi connectivity index (χ2n) is 14.4. The van der Waals surface area contributed by atoms with Gasteiger partial charge in [-0.25, -0.2) is 0 Å². The van der Waals surface area contributed by atoms with Gasteiger partial charge >= 0.3 is 0 Å². The number of hydrogen-bond acceptors (Lipinski definition) is 3. The number of allylic oxidation sites excluding steroid dienone is 1. The van der Waals surface area contributed by atoms with Crippen molar-refractivity contribution in [2.24, 2.45) is 40.4 Å². The standard InChI is InChI=1S/C29H52O3Si/c1-19(13-16-30)26-25(31)18-24-22-10-9-20-17-21(32-33(7,8)27(2,3)4)11-14-28(20,5)23(22)12-15-29(24,26)6/h9,19,21-26,30-31H,10-18H2,1-8H3/t19-,21+,22-,23+,24+,25?,26+,28+,29+/m1/s1. The summed E-state index contributed by atoms with van der Waals surface area (Å²) in [5.74, 6) is 2.81. The Labute approximate surface area is 204 Å². The second-order valence-corrected chi connectivity index (χ2v) is 19.1. The highest BCUT2D eigenvalue weighted by Gasteiger charge is 2.61. The van der Waals surface area contributed by atoms with Crippen LogP contribution in [0.2, 0.25) is 18.1 Å². The van der Waals surface area contributed by atoms with E-state index in [0.29, 0.717) is 35.2 Å². The van der Waals surface area contributed by atoms with Crippen LogP contribution in [0.4, 0.5) is 0 Å². The summed E-state index contributed by atoms with van der Waals surface area (Å²) in [7, 11) is -1.74. The number of fused-ring (bicyclic) bond motifs is 5. The first-order valence-electron chi connectivity index (χ1n) is 13.9. The van der Waals surface area contributed by atoms with Crippen molar-refractivity contribution in [2.75, 3.05) is 6.61 Å². The summed E-state index contributed by atoms with van der Waals surface area (Å²) in [6.07, 6.45) is 11.9. The predicted molar refractivity (Wildman–Crippen MR) is 140 cm³/mol. The Kier molecular flexibility index (Phi) is 6.87. The van der Waals surface area contributed by atoms with Crippen molar-refractivity contribution in [1.82, 2.24) is 0 Å². The van der Waals surface area contributed by atoms with Gasteiger partial charge in [0.2, 0.25) is 0 Å². The number of aliphatic hydroxyl groups excluding tert-OH is 2. The van der Waals surface area contributed by atoms with E-state index in [4.69, 9.17) is 4.43 Å². The maximum absolute atomic E-state index is 11.2. The molecule has 4 heteroatoms. The van der Waals surface area contributed by atoms with Crippen molar-refractivity contribution in [2.45, 2.75) is 123 Å². The Balaban J connectivity index is 1.53. The maximum atomic E-state index is 11.2. The SMILES string of the molecule is C[C@H](CCO)[C@H]1C(O)C[C@H]2[C@@H]3CC=C4C[C@@H](O[Si](C)(C)C(C)(C)C)CC[C@]4(C)[C@H]3CC[C@]12C. The molecule has 3 nitrogen and oxygen atoms in total. The molecule has 3 saturated carbocycles. The fourth-order valence-electron chi connectivity index (χ4n) is 8.79. The number of hydrogen-bond donors (Lipinski definition) is 2. The van der Waals surface area contributed by atoms with Gasteiger partial charge in [0.15, 0.2) is 8.32 Å². The predicted octanol–water partition coefficient (Wildman–Crippen LogP) is 6.95. The summed E-state index contributed by atoms with van der Waals surface area (Å²) >= 11 is 0. The van der Waals surface area contributed by atoms with Crippen molar-refractivity contribution in [3.63, 3.8) is 0 Å². The van der Waals surface area contributed by atoms with Crippen LogP contribution in [0, 0.1) is 40.4 Å². The molecule has 9 atom stereocenters. The van der Waals surface area contributed by atoms with Crippen molar-refractivity contribution in [3.8, 4) is 0 Å². The molecule has 33 heavy (non-hydrogen) atoms. The van der Waals surface area contributed by atoms with E-state index in [1.54, 1.807) is 5.57 Å². The first-order chi connectivity index (χ1) is 15.2. The lowest BCUT2D eigenvalue weighted by molar-refractivity contribution is -0.0621. The topological polar surface area (TPSA) is 49.7 Å². The summed E-state index contributed by atoms with van der Waals surface area (Å²) < 4.78 is 6.88. The van der Waals surface area contributed by atoms with Crippen molar-refractivity contribution < 1.29 is 14.6 Å². The lowest BCUT2D eigenvalue weighted by Gasteiger charge is -2.58. The zero-order valence-electron chi connectivity index (χ0n) is 22.8. The van der Waals surface area contributed by atoms with Crippen molar-refractivity contribution in [1.29, 1.82) is 0 Å². The first kappa shape index (κ1) is 25.9. The molecule has 4 aliphatic carbocycles. The third-order valence-electron chi connectivity index (χ3n) is 11.6. The third kappa shape index (κ3) is 4.23. The molecule has 0 spiro atoms. The molecule has 0 radical (unpaired) electrons. The molecule has 1 unspecified atom stereocenters. The Morgan fingerprint density at radius 1 is 1.15 bits per heavy atom. The monoisotopic (exact) mass is 476 g/mol. The lowest BCUT2D eigenvalue weighted by Crippen LogP contribution is -2.52. The molecular weight excluding hydrogens is 424 g/mol. The van der Waals surface area contributed by atoms with Gasteiger partial charge in [0.25, 0.3) is 0 Å². The van der Waals surface area contributed by atoms with Gasteiger partial charge in [-0.2, -0.15) is 0 Å². The van der Waals surface area contributed by atoms with Gasteiger partial charge in [-0.3, -0.25) is 0 Å². The van der Waals surface area contributed by atoms with Crippen molar-refractivity contribution in [3.05, 3.63) is 11.6 Å². The largest absolute Gasteiger partial charge is 0.414 e. The van der Waals surface area contributed by atoms with E-state index in [9.17, 15) is 10.2 Å². The Hall–Kier alpha value is -0.163. The fourth-order valence-corrected chi connectivity index (χ4v) is 10.2. The number of aliphatic hydroxyl groups is 2. The summed E-state index contributed by atoms with van der Waals surface area (Å²) in [5.41, 5.74) is 2.22. The van der Waals surface area contributed by atoms with Crippen LogP contribution in [0.15, 0.2) is 11.6 Å². The molecule has 2 N–H and O–H groups in total. The van der Waals surface area contributed by atoms with Crippen LogP contribution in [0.1, 0.15) is 92.9 Å². The first-order valence-corrected chi connectivity index (χ1v) is 16.8. The van der Waals surface area contributed by atoms with Crippen LogP contribution < -0.4 is 0 Å². The van der Waals surface area contributed by atoms with Crippen LogP contribution in [-0.2, 0) is 4.43 Å². The van der Waals surface area contributed by atoms with E-state index < -0.39 is 8.32 Å². The van der Waals surface area contributed by atoms with Crippen LogP contribution in [0.5, 0.6) is 0 Å². The van der Waals surface area contributed by atoms with Gasteiger partial charge in [-0.15, -0.1) is 0 Å². The van der Waals surface area contributed by atoms with Gasteiger partial charge in [0.05, 0.1) is 6.10 Å². The highest BCUT2D eigenvalue weighted by Crippen LogP contribution is 2.67. The molecule has 0 saturated heterocycles. The smallest absolute Gasteiger partial charge is 0.192 e. The highest BCUT2D eigenvalue weighted by molar-refractivity contribution is 6.74. The quantitative estimate of drug-likeness (QED) is 0.333. The zero-order chi connectivity index (χ0) is 24.4. The van der Waals surface area contributed by atoms with Gasteiger partial charge in [0.1, 0.15) is 0 Å². The Morgan fingerprint density at radius 3 is 2.48 bits per heavy atom. The van der Waals surface area contributed by atoms with Gasteiger partial charge < -0.3 is 14.6 Å². The van der Waals surface area contributed by atoms with Crippen LogP contribution in [0.3, 0.4) is 0 Å². The van der Waals surface area contributed by atoms with E-state index in [1.165, 1.54) is 32.1 Å². The fraction of sp³-hybridized carbons (Fsp3) is 0.931. The summed E-state index contributed by atoms with van der Waals surface area (Å²) in [6.45, 7) is 19.4. The molecule has 0 aromatic carbocycles. The normalized spacial score (nSPS) is 44.5. The average Bonchev–Trinajstić information content (AvgIpc) is 2.97. The lowest BCUT2D eigenvalue weighted by atomic mass is 9.47.